The van der Waals surface area contributed by atoms with Crippen LogP contribution in [-0.4, -0.2) is 98.3 Å². The van der Waals surface area contributed by atoms with Crippen molar-refractivity contribution in [1.82, 2.24) is 0 Å². The molecule has 0 spiro atoms. The van der Waals surface area contributed by atoms with Gasteiger partial charge in [0.2, 0.25) is 0 Å². The fraction of sp³-hybridized carbons (Fsp3) is 0.756. The molecular formula is C41H71O13P. The molecule has 0 bridgehead atoms. The highest BCUT2D eigenvalue weighted by Crippen LogP contribution is 2.47. The van der Waals surface area contributed by atoms with Gasteiger partial charge in [-0.15, -0.1) is 0 Å². The maximum Gasteiger partial charge on any atom is 0.472 e. The predicted octanol–water partition coefficient (Wildman–Crippen LogP) is 6.83. The van der Waals surface area contributed by atoms with E-state index in [1.165, 1.54) is 12.8 Å². The number of phosphoric acid groups is 1. The van der Waals surface area contributed by atoms with Crippen molar-refractivity contribution in [2.75, 3.05) is 13.2 Å². The van der Waals surface area contributed by atoms with Crippen molar-refractivity contribution in [3.8, 4) is 0 Å². The lowest BCUT2D eigenvalue weighted by atomic mass is 9.85. The molecule has 0 aliphatic heterocycles. The molecule has 6 unspecified atom stereocenters. The van der Waals surface area contributed by atoms with Gasteiger partial charge in [-0.25, -0.2) is 4.57 Å². The van der Waals surface area contributed by atoms with E-state index in [-0.39, 0.29) is 12.8 Å². The third-order valence-electron chi connectivity index (χ3n) is 9.15. The average Bonchev–Trinajstić information content (AvgIpc) is 3.16. The molecule has 8 atom stereocenters. The number of hydrogen-bond acceptors (Lipinski definition) is 12. The van der Waals surface area contributed by atoms with Gasteiger partial charge >= 0.3 is 19.8 Å². The van der Waals surface area contributed by atoms with Gasteiger partial charge in [0.25, 0.3) is 0 Å². The summed E-state index contributed by atoms with van der Waals surface area (Å²) in [6.45, 7) is 3.09. The van der Waals surface area contributed by atoms with Gasteiger partial charge in [-0.3, -0.25) is 18.6 Å². The highest BCUT2D eigenvalue weighted by atomic mass is 31.2. The molecule has 1 rings (SSSR count). The minimum absolute atomic E-state index is 0.0739. The van der Waals surface area contributed by atoms with E-state index >= 15 is 0 Å². The number of carbonyl (C=O) groups is 2. The zero-order valence-corrected chi connectivity index (χ0v) is 34.1. The SMILES string of the molecule is CC/C=C\C/C=C\C/C=C\CCCCCCCC(=O)O[C@H](COC(=O)CCCCCCC/C=C\CCCC)COP(=O)(O)OC1C(O)C(O)C(O)[C@@H](O)C1O. The summed E-state index contributed by atoms with van der Waals surface area (Å²) in [5.41, 5.74) is 0. The van der Waals surface area contributed by atoms with Gasteiger partial charge in [-0.1, -0.05) is 114 Å². The second-order valence-electron chi connectivity index (χ2n) is 14.1. The molecule has 0 radical (unpaired) electrons. The largest absolute Gasteiger partial charge is 0.472 e. The molecule has 1 fully saturated rings. The molecular weight excluding hydrogens is 731 g/mol. The number of phosphoric ester groups is 1. The van der Waals surface area contributed by atoms with Crippen LogP contribution in [0.2, 0.25) is 0 Å². The standard InChI is InChI=1S/C41H71O13P/c1-3-5-7-9-11-13-15-16-17-18-20-22-24-26-28-30-35(43)53-33(31-51-34(42)29-27-25-23-21-19-14-12-10-8-6-4-2)32-52-55(49,50)54-41-39(47)37(45)36(44)38(46)40(41)48/h5,7,10-13,16-17,33,36-41,44-48H,3-4,6,8-9,14-15,18-32H2,1-2H3,(H,49,50)/b7-5-,12-10-,13-11-,17-16-/t33-,36?,37-,38?,39?,40?,41?/m1/s1. The Labute approximate surface area is 329 Å². The van der Waals surface area contributed by atoms with Crippen molar-refractivity contribution in [3.05, 3.63) is 48.6 Å². The van der Waals surface area contributed by atoms with E-state index in [0.717, 1.165) is 89.9 Å². The first-order chi connectivity index (χ1) is 26.4. The maximum absolute atomic E-state index is 12.8. The van der Waals surface area contributed by atoms with E-state index in [1.54, 1.807) is 0 Å². The van der Waals surface area contributed by atoms with Crippen LogP contribution in [-0.2, 0) is 32.7 Å². The summed E-state index contributed by atoms with van der Waals surface area (Å²) in [5.74, 6) is -1.14. The second-order valence-corrected chi connectivity index (χ2v) is 15.5. The summed E-state index contributed by atoms with van der Waals surface area (Å²) in [6.07, 6.45) is 21.8. The fourth-order valence-corrected chi connectivity index (χ4v) is 6.78. The van der Waals surface area contributed by atoms with E-state index in [1.807, 2.05) is 0 Å². The third-order valence-corrected chi connectivity index (χ3v) is 10.1. The summed E-state index contributed by atoms with van der Waals surface area (Å²) in [5, 5.41) is 50.0. The van der Waals surface area contributed by atoms with Crippen molar-refractivity contribution in [2.24, 2.45) is 0 Å². The molecule has 1 aliphatic carbocycles. The minimum atomic E-state index is -5.12. The van der Waals surface area contributed by atoms with Gasteiger partial charge in [0.1, 0.15) is 43.2 Å². The molecule has 318 valence electrons. The van der Waals surface area contributed by atoms with Crippen LogP contribution in [0.1, 0.15) is 142 Å². The normalized spacial score (nSPS) is 23.6. The van der Waals surface area contributed by atoms with Crippen LogP contribution < -0.4 is 0 Å². The molecule has 0 aromatic rings. The Bertz CT molecular complexity index is 1160. The number of allylic oxidation sites excluding steroid dienone is 8. The molecule has 55 heavy (non-hydrogen) atoms. The third kappa shape index (κ3) is 24.9. The minimum Gasteiger partial charge on any atom is -0.462 e. The monoisotopic (exact) mass is 802 g/mol. The number of hydrogen-bond donors (Lipinski definition) is 6. The summed E-state index contributed by atoms with van der Waals surface area (Å²) in [4.78, 5) is 35.5. The number of carbonyl (C=O) groups excluding carboxylic acids is 2. The van der Waals surface area contributed by atoms with Crippen molar-refractivity contribution in [2.45, 2.75) is 185 Å². The van der Waals surface area contributed by atoms with Gasteiger partial charge in [-0.05, 0) is 64.2 Å². The number of ether oxygens (including phenoxy) is 2. The fourth-order valence-electron chi connectivity index (χ4n) is 5.81. The lowest BCUT2D eigenvalue weighted by molar-refractivity contribution is -0.220. The zero-order chi connectivity index (χ0) is 40.7. The smallest absolute Gasteiger partial charge is 0.462 e. The first-order valence-electron chi connectivity index (χ1n) is 20.4. The maximum atomic E-state index is 12.8. The van der Waals surface area contributed by atoms with Crippen LogP contribution in [0.5, 0.6) is 0 Å². The summed E-state index contributed by atoms with van der Waals surface area (Å²) in [7, 11) is -5.12. The van der Waals surface area contributed by atoms with Gasteiger partial charge < -0.3 is 39.9 Å². The van der Waals surface area contributed by atoms with Gasteiger partial charge in [-0.2, -0.15) is 0 Å². The number of rotatable bonds is 32. The number of unbranched alkanes of at least 4 members (excludes halogenated alkanes) is 12. The molecule has 13 nitrogen and oxygen atoms in total. The molecule has 0 amide bonds. The molecule has 0 heterocycles. The van der Waals surface area contributed by atoms with Crippen LogP contribution in [0.4, 0.5) is 0 Å². The van der Waals surface area contributed by atoms with E-state index in [9.17, 15) is 44.6 Å². The quantitative estimate of drug-likeness (QED) is 0.0179. The highest BCUT2D eigenvalue weighted by molar-refractivity contribution is 7.47. The lowest BCUT2D eigenvalue weighted by Crippen LogP contribution is -2.64. The molecule has 0 aromatic heterocycles. The molecule has 0 saturated heterocycles. The molecule has 0 aromatic carbocycles. The van der Waals surface area contributed by atoms with Crippen molar-refractivity contribution >= 4 is 19.8 Å². The van der Waals surface area contributed by atoms with Crippen molar-refractivity contribution in [1.29, 1.82) is 0 Å². The van der Waals surface area contributed by atoms with E-state index in [2.05, 4.69) is 62.5 Å². The first-order valence-corrected chi connectivity index (χ1v) is 21.9. The van der Waals surface area contributed by atoms with E-state index in [0.29, 0.717) is 12.8 Å². The van der Waals surface area contributed by atoms with Crippen LogP contribution >= 0.6 is 7.82 Å². The van der Waals surface area contributed by atoms with Crippen molar-refractivity contribution < 1.29 is 63.1 Å². The van der Waals surface area contributed by atoms with E-state index in [4.69, 9.17) is 18.5 Å². The van der Waals surface area contributed by atoms with Crippen LogP contribution in [0.3, 0.4) is 0 Å². The molecule has 14 heteroatoms. The number of esters is 2. The van der Waals surface area contributed by atoms with Crippen LogP contribution in [0.15, 0.2) is 48.6 Å². The molecule has 6 N–H and O–H groups in total. The lowest BCUT2D eigenvalue weighted by Gasteiger charge is -2.41. The zero-order valence-electron chi connectivity index (χ0n) is 33.2. The second kappa shape index (κ2) is 31.8. The summed E-state index contributed by atoms with van der Waals surface area (Å²) >= 11 is 0. The summed E-state index contributed by atoms with van der Waals surface area (Å²) < 4.78 is 33.3. The Morgan fingerprint density at radius 1 is 0.582 bits per heavy atom. The van der Waals surface area contributed by atoms with Crippen molar-refractivity contribution in [3.63, 3.8) is 0 Å². The Kier molecular flexibility index (Phi) is 29.4. The topological polar surface area (TPSA) is 210 Å². The van der Waals surface area contributed by atoms with E-state index < -0.39 is 75.7 Å². The molecule has 1 aliphatic rings. The Balaban J connectivity index is 2.54. The van der Waals surface area contributed by atoms with Crippen LogP contribution in [0.25, 0.3) is 0 Å². The average molecular weight is 803 g/mol. The summed E-state index contributed by atoms with van der Waals surface area (Å²) in [6, 6.07) is 0. The van der Waals surface area contributed by atoms with Gasteiger partial charge in [0, 0.05) is 12.8 Å². The number of aliphatic hydroxyl groups is 5. The van der Waals surface area contributed by atoms with Gasteiger partial charge in [0.05, 0.1) is 6.61 Å². The molecule has 1 saturated carbocycles. The number of aliphatic hydroxyl groups excluding tert-OH is 5. The Morgan fingerprint density at radius 2 is 1.04 bits per heavy atom. The first kappa shape index (κ1) is 50.8. The highest BCUT2D eigenvalue weighted by Gasteiger charge is 2.51. The predicted molar refractivity (Wildman–Crippen MR) is 212 cm³/mol. The Hall–Kier alpha value is -2.19. The van der Waals surface area contributed by atoms with Gasteiger partial charge in [0.15, 0.2) is 6.10 Å². The van der Waals surface area contributed by atoms with Crippen LogP contribution in [0, 0.1) is 0 Å². The Morgan fingerprint density at radius 3 is 1.60 bits per heavy atom.